The van der Waals surface area contributed by atoms with Gasteiger partial charge in [-0.1, -0.05) is 39.8 Å². The number of thioether (sulfide) groups is 1. The number of fused-ring (bicyclic) bond motifs is 1. The van der Waals surface area contributed by atoms with Crippen LogP contribution in [0, 0.1) is 0 Å². The molecule has 2 aromatic carbocycles. The molecule has 0 aliphatic carbocycles. The van der Waals surface area contributed by atoms with E-state index in [-0.39, 0.29) is 0 Å². The molecule has 3 aromatic rings. The van der Waals surface area contributed by atoms with E-state index in [1.807, 2.05) is 65.5 Å². The molecule has 0 unspecified atom stereocenters. The van der Waals surface area contributed by atoms with Gasteiger partial charge in [0, 0.05) is 21.0 Å². The fourth-order valence-electron chi connectivity index (χ4n) is 2.52. The molecule has 4 rings (SSSR count). The Morgan fingerprint density at radius 2 is 1.76 bits per heavy atom. The fraction of sp³-hybridized carbons (Fsp3) is 0.111. The lowest BCUT2D eigenvalue weighted by Gasteiger charge is -2.19. The van der Waals surface area contributed by atoms with E-state index in [1.54, 1.807) is 11.8 Å². The molecule has 0 saturated carbocycles. The number of rotatable bonds is 4. The van der Waals surface area contributed by atoms with E-state index in [0.717, 1.165) is 38.0 Å². The minimum atomic E-state index is 0.663. The zero-order chi connectivity index (χ0) is 17.2. The topological polar surface area (TPSA) is 52.0 Å². The van der Waals surface area contributed by atoms with Crippen LogP contribution in [0.1, 0.15) is 12.5 Å². The molecule has 0 radical (unpaired) electrons. The Morgan fingerprint density at radius 1 is 1.04 bits per heavy atom. The summed E-state index contributed by atoms with van der Waals surface area (Å²) in [7, 11) is 0. The summed E-state index contributed by atoms with van der Waals surface area (Å²) in [5.74, 6) is 1.65. The molecule has 126 valence electrons. The fourth-order valence-corrected chi connectivity index (χ4v) is 3.52. The molecule has 0 bridgehead atoms. The zero-order valence-electron chi connectivity index (χ0n) is 13.4. The summed E-state index contributed by atoms with van der Waals surface area (Å²) in [6.07, 6.45) is 0. The number of nitrogens with one attached hydrogen (secondary N) is 1. The van der Waals surface area contributed by atoms with E-state index in [9.17, 15) is 0 Å². The molecule has 0 atom stereocenters. The van der Waals surface area contributed by atoms with Crippen molar-refractivity contribution in [2.24, 2.45) is 0 Å². The second-order valence-corrected chi connectivity index (χ2v) is 7.12. The van der Waals surface area contributed by atoms with Gasteiger partial charge in [-0.3, -0.25) is 5.43 Å². The van der Waals surface area contributed by atoms with Crippen LogP contribution in [0.5, 0.6) is 5.75 Å². The van der Waals surface area contributed by atoms with Crippen molar-refractivity contribution in [2.45, 2.75) is 12.1 Å². The second kappa shape index (κ2) is 6.93. The van der Waals surface area contributed by atoms with E-state index in [4.69, 9.17) is 4.74 Å². The Bertz CT molecular complexity index is 919. The van der Waals surface area contributed by atoms with Gasteiger partial charge in [0.1, 0.15) is 5.75 Å². The van der Waals surface area contributed by atoms with Gasteiger partial charge in [-0.2, -0.15) is 0 Å². The minimum Gasteiger partial charge on any atom is -0.494 e. The molecule has 7 heteroatoms. The molecular weight excluding hydrogens is 400 g/mol. The largest absolute Gasteiger partial charge is 0.494 e. The van der Waals surface area contributed by atoms with Gasteiger partial charge < -0.3 is 4.74 Å². The monoisotopic (exact) mass is 414 g/mol. The van der Waals surface area contributed by atoms with Crippen molar-refractivity contribution in [1.29, 1.82) is 0 Å². The second-order valence-electron chi connectivity index (χ2n) is 5.37. The first-order chi connectivity index (χ1) is 12.2. The van der Waals surface area contributed by atoms with Crippen molar-refractivity contribution in [1.82, 2.24) is 14.9 Å². The average molecular weight is 415 g/mol. The molecule has 25 heavy (non-hydrogen) atoms. The Hall–Kier alpha value is -2.25. The molecule has 1 aliphatic rings. The van der Waals surface area contributed by atoms with Crippen LogP contribution < -0.4 is 10.2 Å². The van der Waals surface area contributed by atoms with E-state index in [0.29, 0.717) is 6.61 Å². The van der Waals surface area contributed by atoms with E-state index >= 15 is 0 Å². The third kappa shape index (κ3) is 3.29. The number of hydrogen-bond donors (Lipinski definition) is 1. The highest BCUT2D eigenvalue weighted by molar-refractivity contribution is 9.10. The number of ether oxygens (including phenoxy) is 1. The molecule has 1 aliphatic heterocycles. The van der Waals surface area contributed by atoms with Crippen LogP contribution in [0.15, 0.2) is 63.6 Å². The Balaban J connectivity index is 1.62. The smallest absolute Gasteiger partial charge is 0.214 e. The summed E-state index contributed by atoms with van der Waals surface area (Å²) >= 11 is 5.01. The van der Waals surface area contributed by atoms with Crippen LogP contribution in [0.4, 0.5) is 0 Å². The van der Waals surface area contributed by atoms with Gasteiger partial charge in [-0.25, -0.2) is 4.68 Å². The van der Waals surface area contributed by atoms with Crippen molar-refractivity contribution in [3.8, 4) is 17.1 Å². The van der Waals surface area contributed by atoms with Gasteiger partial charge in [-0.05, 0) is 43.3 Å². The predicted molar refractivity (Wildman–Crippen MR) is 104 cm³/mol. The number of hydrogen-bond acceptors (Lipinski definition) is 5. The van der Waals surface area contributed by atoms with Crippen molar-refractivity contribution in [3.63, 3.8) is 0 Å². The van der Waals surface area contributed by atoms with Crippen LogP contribution in [-0.4, -0.2) is 21.5 Å². The molecule has 1 aromatic heterocycles. The maximum Gasteiger partial charge on any atom is 0.214 e. The van der Waals surface area contributed by atoms with Gasteiger partial charge in [0.05, 0.1) is 12.3 Å². The Labute approximate surface area is 158 Å². The lowest BCUT2D eigenvalue weighted by molar-refractivity contribution is 0.340. The van der Waals surface area contributed by atoms with Crippen molar-refractivity contribution >= 4 is 33.4 Å². The zero-order valence-corrected chi connectivity index (χ0v) is 15.8. The summed E-state index contributed by atoms with van der Waals surface area (Å²) < 4.78 is 8.46. The first-order valence-electron chi connectivity index (χ1n) is 7.83. The molecular formula is C18H15BrN4OS. The van der Waals surface area contributed by atoms with Gasteiger partial charge in [-0.15, -0.1) is 10.2 Å². The molecule has 0 saturated heterocycles. The Kier molecular flexibility index (Phi) is 4.50. The first-order valence-corrected chi connectivity index (χ1v) is 9.50. The quantitative estimate of drug-likeness (QED) is 0.666. The summed E-state index contributed by atoms with van der Waals surface area (Å²) in [5, 5.41) is 11.4. The summed E-state index contributed by atoms with van der Waals surface area (Å²) in [6.45, 7) is 2.64. The van der Waals surface area contributed by atoms with Gasteiger partial charge in [0.15, 0.2) is 5.82 Å². The lowest BCUT2D eigenvalue weighted by atomic mass is 10.2. The molecule has 0 spiro atoms. The van der Waals surface area contributed by atoms with Crippen LogP contribution in [-0.2, 0) is 0 Å². The number of aromatic nitrogens is 3. The van der Waals surface area contributed by atoms with Gasteiger partial charge in [0.25, 0.3) is 0 Å². The molecule has 0 fully saturated rings. The van der Waals surface area contributed by atoms with Crippen molar-refractivity contribution in [3.05, 3.63) is 64.0 Å². The summed E-state index contributed by atoms with van der Waals surface area (Å²) in [4.78, 5) is 0. The normalized spacial score (nSPS) is 13.0. The lowest BCUT2D eigenvalue weighted by Crippen LogP contribution is -2.18. The highest BCUT2D eigenvalue weighted by Crippen LogP contribution is 2.32. The maximum absolute atomic E-state index is 5.50. The first kappa shape index (κ1) is 16.2. The predicted octanol–water partition coefficient (Wildman–Crippen LogP) is 4.75. The van der Waals surface area contributed by atoms with Crippen molar-refractivity contribution in [2.75, 3.05) is 12.0 Å². The van der Waals surface area contributed by atoms with Crippen molar-refractivity contribution < 1.29 is 4.74 Å². The molecule has 1 N–H and O–H groups in total. The molecule has 0 amide bonds. The van der Waals surface area contributed by atoms with Crippen LogP contribution >= 0.6 is 27.7 Å². The van der Waals surface area contributed by atoms with Crippen LogP contribution in [0.2, 0.25) is 0 Å². The van der Waals surface area contributed by atoms with Gasteiger partial charge >= 0.3 is 0 Å². The van der Waals surface area contributed by atoms with E-state index in [2.05, 4.69) is 31.6 Å². The number of halogens is 1. The third-order valence-electron chi connectivity index (χ3n) is 3.73. The summed E-state index contributed by atoms with van der Waals surface area (Å²) in [6, 6.07) is 16.1. The number of benzene rings is 2. The van der Waals surface area contributed by atoms with E-state index < -0.39 is 0 Å². The number of nitrogens with zero attached hydrogens (tertiary/aromatic N) is 3. The highest BCUT2D eigenvalue weighted by atomic mass is 79.9. The standard InChI is InChI=1S/C18H15BrN4OS/c1-2-24-15-9-5-12(6-10-15)16-11-25-18-21-20-17(23(18)22-16)13-3-7-14(19)8-4-13/h3-11,22H,2H2,1H3. The van der Waals surface area contributed by atoms with Gasteiger partial charge in [0.2, 0.25) is 5.16 Å². The summed E-state index contributed by atoms with van der Waals surface area (Å²) in [5.41, 5.74) is 6.49. The molecule has 2 heterocycles. The average Bonchev–Trinajstić information content (AvgIpc) is 3.06. The Morgan fingerprint density at radius 3 is 2.48 bits per heavy atom. The third-order valence-corrected chi connectivity index (χ3v) is 5.08. The minimum absolute atomic E-state index is 0.663. The SMILES string of the molecule is CCOc1ccc(C2=CSc3nnc(-c4ccc(Br)cc4)n3N2)cc1. The van der Waals surface area contributed by atoms with Crippen LogP contribution in [0.3, 0.4) is 0 Å². The van der Waals surface area contributed by atoms with Crippen LogP contribution in [0.25, 0.3) is 17.1 Å². The molecule has 5 nitrogen and oxygen atoms in total. The maximum atomic E-state index is 5.50. The van der Waals surface area contributed by atoms with E-state index in [1.165, 1.54) is 0 Å². The highest BCUT2D eigenvalue weighted by Gasteiger charge is 2.19.